The summed E-state index contributed by atoms with van der Waals surface area (Å²) in [6.07, 6.45) is 1.93. The monoisotopic (exact) mass is 366 g/mol. The van der Waals surface area contributed by atoms with Crippen LogP contribution in [0.3, 0.4) is 0 Å². The van der Waals surface area contributed by atoms with Crippen LogP contribution in [0, 0.1) is 17.7 Å². The summed E-state index contributed by atoms with van der Waals surface area (Å²) in [6, 6.07) is 16.0. The normalized spacial score (nSPS) is 21.9. The van der Waals surface area contributed by atoms with E-state index in [2.05, 4.69) is 5.32 Å². The molecule has 5 heteroatoms. The molecule has 4 rings (SSSR count). The van der Waals surface area contributed by atoms with Crippen LogP contribution in [0.25, 0.3) is 0 Å². The number of hydrogen-bond donors (Lipinski definition) is 1. The predicted molar refractivity (Wildman–Crippen MR) is 100 cm³/mol. The largest absolute Gasteiger partial charge is 0.352 e. The highest BCUT2D eigenvalue weighted by Gasteiger charge is 2.43. The van der Waals surface area contributed by atoms with Gasteiger partial charge in [-0.05, 0) is 36.1 Å². The van der Waals surface area contributed by atoms with Gasteiger partial charge in [-0.15, -0.1) is 0 Å². The summed E-state index contributed by atoms with van der Waals surface area (Å²) < 4.78 is 13.0. The van der Waals surface area contributed by atoms with Crippen LogP contribution in [-0.2, 0) is 16.1 Å². The lowest BCUT2D eigenvalue weighted by Gasteiger charge is -2.18. The fraction of sp³-hybridized carbons (Fsp3) is 0.364. The Morgan fingerprint density at radius 2 is 1.70 bits per heavy atom. The molecule has 0 bridgehead atoms. The number of carbonyl (C=O) groups is 2. The van der Waals surface area contributed by atoms with E-state index in [1.165, 1.54) is 12.1 Å². The molecule has 2 aliphatic rings. The molecule has 0 unspecified atom stereocenters. The Balaban J connectivity index is 1.47. The molecule has 1 aliphatic carbocycles. The summed E-state index contributed by atoms with van der Waals surface area (Å²) in [5.41, 5.74) is 1.94. The van der Waals surface area contributed by atoms with Crippen LogP contribution >= 0.6 is 0 Å². The molecule has 1 saturated carbocycles. The van der Waals surface area contributed by atoms with Gasteiger partial charge in [0.1, 0.15) is 5.82 Å². The van der Waals surface area contributed by atoms with Crippen LogP contribution in [0.2, 0.25) is 0 Å². The van der Waals surface area contributed by atoms with Gasteiger partial charge in [0.25, 0.3) is 0 Å². The van der Waals surface area contributed by atoms with Gasteiger partial charge in [-0.1, -0.05) is 42.5 Å². The first-order valence-corrected chi connectivity index (χ1v) is 9.47. The molecule has 2 atom stereocenters. The number of benzene rings is 2. The number of halogens is 1. The first-order chi connectivity index (χ1) is 13.1. The molecule has 2 fully saturated rings. The minimum atomic E-state index is -0.292. The fourth-order valence-electron chi connectivity index (χ4n) is 3.80. The van der Waals surface area contributed by atoms with Crippen LogP contribution in [0.5, 0.6) is 0 Å². The Morgan fingerprint density at radius 3 is 2.37 bits per heavy atom. The van der Waals surface area contributed by atoms with Crippen molar-refractivity contribution in [1.82, 2.24) is 10.2 Å². The fourth-order valence-corrected chi connectivity index (χ4v) is 3.80. The van der Waals surface area contributed by atoms with Crippen molar-refractivity contribution < 1.29 is 14.0 Å². The van der Waals surface area contributed by atoms with Gasteiger partial charge in [0, 0.05) is 31.5 Å². The summed E-state index contributed by atoms with van der Waals surface area (Å²) in [5.74, 6) is -0.275. The van der Waals surface area contributed by atoms with Gasteiger partial charge in [-0.3, -0.25) is 9.59 Å². The van der Waals surface area contributed by atoms with E-state index in [9.17, 15) is 14.0 Å². The lowest BCUT2D eigenvalue weighted by atomic mass is 9.88. The maximum absolute atomic E-state index is 13.0. The number of hydrogen-bond acceptors (Lipinski definition) is 2. The third-order valence-electron chi connectivity index (χ3n) is 5.50. The highest BCUT2D eigenvalue weighted by Crippen LogP contribution is 2.37. The van der Waals surface area contributed by atoms with E-state index in [1.807, 2.05) is 35.2 Å². The minimum Gasteiger partial charge on any atom is -0.352 e. The highest BCUT2D eigenvalue weighted by molar-refractivity contribution is 5.85. The second-order valence-corrected chi connectivity index (χ2v) is 7.49. The molecule has 2 amide bonds. The number of likely N-dealkylation sites (tertiary alicyclic amines) is 1. The lowest BCUT2D eigenvalue weighted by Crippen LogP contribution is -2.35. The van der Waals surface area contributed by atoms with Crippen LogP contribution < -0.4 is 5.32 Å². The van der Waals surface area contributed by atoms with Gasteiger partial charge in [0.2, 0.25) is 11.8 Å². The van der Waals surface area contributed by atoms with E-state index < -0.39 is 0 Å². The second kappa shape index (κ2) is 7.51. The molecule has 4 nitrogen and oxygen atoms in total. The zero-order valence-electron chi connectivity index (χ0n) is 15.1. The third-order valence-corrected chi connectivity index (χ3v) is 5.50. The van der Waals surface area contributed by atoms with Gasteiger partial charge in [0.05, 0.1) is 5.92 Å². The SMILES string of the molecule is O=C(NCc1ccc(F)cc1)[C@H]1CN(C(=O)C2CC2)C[C@H]1c1ccccc1. The van der Waals surface area contributed by atoms with Crippen molar-refractivity contribution in [2.75, 3.05) is 13.1 Å². The van der Waals surface area contributed by atoms with Crippen molar-refractivity contribution >= 4 is 11.8 Å². The van der Waals surface area contributed by atoms with Crippen LogP contribution in [-0.4, -0.2) is 29.8 Å². The van der Waals surface area contributed by atoms with Crippen LogP contribution in [0.1, 0.15) is 29.9 Å². The van der Waals surface area contributed by atoms with E-state index in [0.717, 1.165) is 24.0 Å². The summed E-state index contributed by atoms with van der Waals surface area (Å²) in [7, 11) is 0. The Labute approximate surface area is 158 Å². The Bertz CT molecular complexity index is 818. The topological polar surface area (TPSA) is 49.4 Å². The molecule has 1 heterocycles. The van der Waals surface area contributed by atoms with Gasteiger partial charge < -0.3 is 10.2 Å². The number of nitrogens with zero attached hydrogens (tertiary/aromatic N) is 1. The van der Waals surface area contributed by atoms with E-state index in [-0.39, 0.29) is 35.4 Å². The molecule has 0 spiro atoms. The molecule has 2 aromatic carbocycles. The Hall–Kier alpha value is -2.69. The molecule has 1 saturated heterocycles. The van der Waals surface area contributed by atoms with Crippen LogP contribution in [0.4, 0.5) is 4.39 Å². The first kappa shape index (κ1) is 17.7. The summed E-state index contributed by atoms with van der Waals surface area (Å²) in [4.78, 5) is 27.3. The van der Waals surface area contributed by atoms with E-state index in [4.69, 9.17) is 0 Å². The summed E-state index contributed by atoms with van der Waals surface area (Å²) in [5, 5.41) is 2.97. The molecule has 2 aromatic rings. The molecule has 1 aliphatic heterocycles. The summed E-state index contributed by atoms with van der Waals surface area (Å²) >= 11 is 0. The standard InChI is InChI=1S/C22H23FN2O2/c23-18-10-6-15(7-11-18)12-24-21(26)20-14-25(22(27)17-8-9-17)13-19(20)16-4-2-1-3-5-16/h1-7,10-11,17,19-20H,8-9,12-14H2,(H,24,26)/t19-,20-/m0/s1. The molecule has 0 radical (unpaired) electrons. The average Bonchev–Trinajstić information content (AvgIpc) is 3.45. The van der Waals surface area contributed by atoms with Gasteiger partial charge in [-0.25, -0.2) is 4.39 Å². The molecule has 27 heavy (non-hydrogen) atoms. The molecule has 1 N–H and O–H groups in total. The van der Waals surface area contributed by atoms with Crippen molar-refractivity contribution in [1.29, 1.82) is 0 Å². The number of amides is 2. The van der Waals surface area contributed by atoms with Gasteiger partial charge in [-0.2, -0.15) is 0 Å². The molecule has 0 aromatic heterocycles. The first-order valence-electron chi connectivity index (χ1n) is 9.47. The van der Waals surface area contributed by atoms with Gasteiger partial charge in [0.15, 0.2) is 0 Å². The summed E-state index contributed by atoms with van der Waals surface area (Å²) in [6.45, 7) is 1.41. The maximum Gasteiger partial charge on any atom is 0.225 e. The lowest BCUT2D eigenvalue weighted by molar-refractivity contribution is -0.132. The molecular formula is C22H23FN2O2. The smallest absolute Gasteiger partial charge is 0.225 e. The number of rotatable bonds is 5. The highest BCUT2D eigenvalue weighted by atomic mass is 19.1. The van der Waals surface area contributed by atoms with Crippen molar-refractivity contribution in [2.45, 2.75) is 25.3 Å². The van der Waals surface area contributed by atoms with Crippen molar-refractivity contribution in [3.8, 4) is 0 Å². The second-order valence-electron chi connectivity index (χ2n) is 7.49. The van der Waals surface area contributed by atoms with E-state index >= 15 is 0 Å². The average molecular weight is 366 g/mol. The quantitative estimate of drug-likeness (QED) is 0.884. The van der Waals surface area contributed by atoms with Crippen molar-refractivity contribution in [3.05, 3.63) is 71.5 Å². The Kier molecular flexibility index (Phi) is 4.92. The minimum absolute atomic E-state index is 0.00196. The zero-order valence-corrected chi connectivity index (χ0v) is 15.1. The Morgan fingerprint density at radius 1 is 1.00 bits per heavy atom. The maximum atomic E-state index is 13.0. The van der Waals surface area contributed by atoms with Crippen LogP contribution in [0.15, 0.2) is 54.6 Å². The third kappa shape index (κ3) is 4.02. The number of nitrogens with one attached hydrogen (secondary N) is 1. The zero-order chi connectivity index (χ0) is 18.8. The van der Waals surface area contributed by atoms with E-state index in [0.29, 0.717) is 19.6 Å². The molecular weight excluding hydrogens is 343 g/mol. The van der Waals surface area contributed by atoms with Gasteiger partial charge >= 0.3 is 0 Å². The van der Waals surface area contributed by atoms with Crippen molar-refractivity contribution in [3.63, 3.8) is 0 Å². The molecule has 140 valence electrons. The number of carbonyl (C=O) groups excluding carboxylic acids is 2. The van der Waals surface area contributed by atoms with Crippen molar-refractivity contribution in [2.24, 2.45) is 11.8 Å². The predicted octanol–water partition coefficient (Wildman–Crippen LogP) is 3.09. The van der Waals surface area contributed by atoms with E-state index in [1.54, 1.807) is 12.1 Å².